The Morgan fingerprint density at radius 1 is 1.59 bits per heavy atom. The summed E-state index contributed by atoms with van der Waals surface area (Å²) in [6.45, 7) is 2.11. The predicted octanol–water partition coefficient (Wildman–Crippen LogP) is 2.67. The number of halogens is 2. The average Bonchev–Trinajstić information content (AvgIpc) is 2.21. The maximum atomic E-state index is 5.95. The van der Waals surface area contributed by atoms with E-state index in [4.69, 9.17) is 23.2 Å². The molecule has 4 N–H and O–H groups in total. The van der Waals surface area contributed by atoms with Crippen LogP contribution in [0.4, 0.5) is 0 Å². The Labute approximate surface area is 114 Å². The molecule has 0 saturated heterocycles. The molecule has 0 aliphatic rings. The number of nitrogens with two attached hydrogens (primary N) is 2. The molecule has 0 saturated carbocycles. The van der Waals surface area contributed by atoms with Gasteiger partial charge in [0.25, 0.3) is 0 Å². The third kappa shape index (κ3) is 4.77. The van der Waals surface area contributed by atoms with Crippen LogP contribution in [0.2, 0.25) is 5.02 Å². The topological polar surface area (TPSA) is 67.6 Å². The van der Waals surface area contributed by atoms with Crippen LogP contribution in [-0.4, -0.2) is 11.0 Å². The maximum absolute atomic E-state index is 5.95. The minimum Gasteiger partial charge on any atom is -0.386 e. The van der Waals surface area contributed by atoms with Crippen molar-refractivity contribution in [2.45, 2.75) is 13.5 Å². The lowest BCUT2D eigenvalue weighted by Crippen LogP contribution is -2.28. The largest absolute Gasteiger partial charge is 0.386 e. The van der Waals surface area contributed by atoms with E-state index in [1.807, 2.05) is 24.3 Å². The van der Waals surface area contributed by atoms with Gasteiger partial charge >= 0.3 is 0 Å². The van der Waals surface area contributed by atoms with Gasteiger partial charge in [-0.25, -0.2) is 11.0 Å². The van der Waals surface area contributed by atoms with E-state index in [9.17, 15) is 0 Å². The number of hydrogen-bond donors (Lipinski definition) is 2. The van der Waals surface area contributed by atoms with Gasteiger partial charge in [0.2, 0.25) is 0 Å². The van der Waals surface area contributed by atoms with Gasteiger partial charge in [-0.2, -0.15) is 0 Å². The van der Waals surface area contributed by atoms with E-state index in [0.717, 1.165) is 11.1 Å². The van der Waals surface area contributed by atoms with Crippen LogP contribution >= 0.6 is 27.5 Å². The van der Waals surface area contributed by atoms with E-state index in [0.29, 0.717) is 17.4 Å². The molecule has 1 rings (SSSR count). The molecule has 0 radical (unpaired) electrons. The standard InChI is InChI=1S/C11H14BrClN4/c1-8(14)16-17(15)7-10-6-11(13)3-2-9(10)4-5-12/h2-6H,7,15H2,1H3,(H2,14,16)/b5-4+. The van der Waals surface area contributed by atoms with Crippen molar-refractivity contribution in [2.24, 2.45) is 16.7 Å². The normalized spacial score (nSPS) is 12.1. The third-order valence-electron chi connectivity index (χ3n) is 1.97. The Balaban J connectivity index is 2.95. The highest BCUT2D eigenvalue weighted by atomic mass is 79.9. The molecule has 6 heteroatoms. The predicted molar refractivity (Wildman–Crippen MR) is 76.4 cm³/mol. The SMILES string of the molecule is C/C(N)=N/N(N)Cc1cc(Cl)ccc1/C=C/Br. The first-order valence-electron chi connectivity index (χ1n) is 4.91. The molecule has 0 bridgehead atoms. The second-order valence-electron chi connectivity index (χ2n) is 3.47. The Hall–Kier alpha value is -1.04. The van der Waals surface area contributed by atoms with Crippen LogP contribution in [0.1, 0.15) is 18.1 Å². The van der Waals surface area contributed by atoms with Gasteiger partial charge in [0.15, 0.2) is 0 Å². The van der Waals surface area contributed by atoms with Gasteiger partial charge in [0.1, 0.15) is 5.84 Å². The summed E-state index contributed by atoms with van der Waals surface area (Å²) >= 11 is 9.19. The summed E-state index contributed by atoms with van der Waals surface area (Å²) in [5, 5.41) is 5.88. The number of nitrogens with zero attached hydrogens (tertiary/aromatic N) is 2. The fraction of sp³-hybridized carbons (Fsp3) is 0.182. The van der Waals surface area contributed by atoms with Crippen molar-refractivity contribution in [3.63, 3.8) is 0 Å². The Kier molecular flexibility index (Phi) is 5.47. The smallest absolute Gasteiger partial charge is 0.118 e. The lowest BCUT2D eigenvalue weighted by molar-refractivity contribution is 0.290. The molecule has 0 atom stereocenters. The van der Waals surface area contributed by atoms with E-state index in [-0.39, 0.29) is 0 Å². The molecule has 1 aromatic rings. The lowest BCUT2D eigenvalue weighted by atomic mass is 10.1. The van der Waals surface area contributed by atoms with E-state index in [2.05, 4.69) is 21.0 Å². The molecule has 0 aromatic heterocycles. The average molecular weight is 318 g/mol. The molecule has 0 heterocycles. The number of benzene rings is 1. The molecule has 0 aliphatic heterocycles. The summed E-state index contributed by atoms with van der Waals surface area (Å²) in [4.78, 5) is 1.78. The number of rotatable bonds is 4. The first-order chi connectivity index (χ1) is 8.02. The van der Waals surface area contributed by atoms with Crippen molar-refractivity contribution < 1.29 is 0 Å². The fourth-order valence-corrected chi connectivity index (χ4v) is 1.83. The number of hydrazone groups is 1. The molecule has 92 valence electrons. The maximum Gasteiger partial charge on any atom is 0.118 e. The first-order valence-corrected chi connectivity index (χ1v) is 6.20. The van der Waals surface area contributed by atoms with Crippen molar-refractivity contribution in [1.82, 2.24) is 5.12 Å². The van der Waals surface area contributed by atoms with Crippen LogP contribution in [0.5, 0.6) is 0 Å². The molecule has 17 heavy (non-hydrogen) atoms. The van der Waals surface area contributed by atoms with Crippen molar-refractivity contribution in [1.29, 1.82) is 0 Å². The minimum absolute atomic E-state index is 0.409. The summed E-state index contributed by atoms with van der Waals surface area (Å²) in [6.07, 6.45) is 1.92. The Bertz CT molecular complexity index is 441. The summed E-state index contributed by atoms with van der Waals surface area (Å²) in [6, 6.07) is 5.60. The zero-order chi connectivity index (χ0) is 12.8. The van der Waals surface area contributed by atoms with Crippen molar-refractivity contribution in [3.8, 4) is 0 Å². The summed E-state index contributed by atoms with van der Waals surface area (Å²) in [7, 11) is 0. The molecule has 0 unspecified atom stereocenters. The fourth-order valence-electron chi connectivity index (χ4n) is 1.35. The minimum atomic E-state index is 0.409. The van der Waals surface area contributed by atoms with E-state index < -0.39 is 0 Å². The van der Waals surface area contributed by atoms with E-state index in [1.54, 1.807) is 11.9 Å². The highest BCUT2D eigenvalue weighted by molar-refractivity contribution is 9.11. The van der Waals surface area contributed by atoms with E-state index in [1.165, 1.54) is 5.12 Å². The van der Waals surface area contributed by atoms with Gasteiger partial charge < -0.3 is 5.73 Å². The summed E-state index contributed by atoms with van der Waals surface area (Å²) < 4.78 is 0. The third-order valence-corrected chi connectivity index (χ3v) is 2.47. The highest BCUT2D eigenvalue weighted by Gasteiger charge is 2.04. The van der Waals surface area contributed by atoms with Crippen LogP contribution in [0.3, 0.4) is 0 Å². The molecule has 0 amide bonds. The molecule has 0 fully saturated rings. The van der Waals surface area contributed by atoms with Crippen molar-refractivity contribution >= 4 is 39.4 Å². The quantitative estimate of drug-likeness (QED) is 0.388. The molecular weight excluding hydrogens is 304 g/mol. The molecule has 1 aromatic carbocycles. The van der Waals surface area contributed by atoms with Gasteiger partial charge in [-0.3, -0.25) is 0 Å². The van der Waals surface area contributed by atoms with Crippen LogP contribution in [-0.2, 0) is 6.54 Å². The van der Waals surface area contributed by atoms with Gasteiger partial charge in [0.05, 0.1) is 6.54 Å². The molecule has 0 spiro atoms. The second kappa shape index (κ2) is 6.64. The lowest BCUT2D eigenvalue weighted by Gasteiger charge is -2.14. The number of hydrazine groups is 1. The van der Waals surface area contributed by atoms with Crippen LogP contribution in [0.25, 0.3) is 6.08 Å². The van der Waals surface area contributed by atoms with Crippen LogP contribution in [0, 0.1) is 0 Å². The monoisotopic (exact) mass is 316 g/mol. The van der Waals surface area contributed by atoms with Crippen LogP contribution < -0.4 is 11.6 Å². The Morgan fingerprint density at radius 3 is 2.88 bits per heavy atom. The van der Waals surface area contributed by atoms with E-state index >= 15 is 0 Å². The molecular formula is C11H14BrClN4. The van der Waals surface area contributed by atoms with Gasteiger partial charge in [-0.1, -0.05) is 33.6 Å². The van der Waals surface area contributed by atoms with Crippen molar-refractivity contribution in [2.75, 3.05) is 0 Å². The number of amidine groups is 1. The van der Waals surface area contributed by atoms with Crippen LogP contribution in [0.15, 0.2) is 28.3 Å². The first kappa shape index (κ1) is 14.0. The zero-order valence-corrected chi connectivity index (χ0v) is 11.7. The summed E-state index contributed by atoms with van der Waals surface area (Å²) in [5.41, 5.74) is 7.45. The second-order valence-corrected chi connectivity index (χ2v) is 4.44. The van der Waals surface area contributed by atoms with Crippen molar-refractivity contribution in [3.05, 3.63) is 39.3 Å². The number of hydrogen-bond acceptors (Lipinski definition) is 3. The van der Waals surface area contributed by atoms with Gasteiger partial charge in [-0.05, 0) is 41.2 Å². The molecule has 0 aliphatic carbocycles. The summed E-state index contributed by atoms with van der Waals surface area (Å²) in [5.74, 6) is 6.12. The van der Waals surface area contributed by atoms with Gasteiger partial charge in [-0.15, -0.1) is 5.10 Å². The molecule has 4 nitrogen and oxygen atoms in total. The Morgan fingerprint density at radius 2 is 2.29 bits per heavy atom. The highest BCUT2D eigenvalue weighted by Crippen LogP contribution is 2.19. The van der Waals surface area contributed by atoms with Gasteiger partial charge in [0, 0.05) is 5.02 Å². The zero-order valence-electron chi connectivity index (χ0n) is 9.40.